The van der Waals surface area contributed by atoms with Crippen LogP contribution in [0, 0.1) is 6.92 Å². The number of benzene rings is 3. The molecule has 2 heterocycles. The summed E-state index contributed by atoms with van der Waals surface area (Å²) in [6.45, 7) is 5.95. The first-order valence-corrected chi connectivity index (χ1v) is 10.5. The van der Waals surface area contributed by atoms with Crippen LogP contribution >= 0.6 is 0 Å². The first-order valence-electron chi connectivity index (χ1n) is 10.5. The average Bonchev–Trinajstić information content (AvgIpc) is 3.10. The summed E-state index contributed by atoms with van der Waals surface area (Å²) in [5.41, 5.74) is 5.99. The number of hydrogen-bond donors (Lipinski definition) is 4. The summed E-state index contributed by atoms with van der Waals surface area (Å²) in [7, 11) is 0. The van der Waals surface area contributed by atoms with Gasteiger partial charge in [-0.2, -0.15) is 0 Å². The Kier molecular flexibility index (Phi) is 4.68. The van der Waals surface area contributed by atoms with E-state index < -0.39 is 0 Å². The van der Waals surface area contributed by atoms with Gasteiger partial charge in [-0.1, -0.05) is 36.4 Å². The summed E-state index contributed by atoms with van der Waals surface area (Å²) in [6, 6.07) is 20.8. The van der Waals surface area contributed by atoms with Crippen molar-refractivity contribution in [2.75, 3.05) is 18.4 Å². The fourth-order valence-corrected chi connectivity index (χ4v) is 4.23. The Morgan fingerprint density at radius 3 is 2.63 bits per heavy atom. The molecule has 0 spiro atoms. The Bertz CT molecular complexity index is 1240. The monoisotopic (exact) mass is 398 g/mol. The molecule has 152 valence electrons. The van der Waals surface area contributed by atoms with Crippen LogP contribution in [0.25, 0.3) is 21.8 Å². The predicted molar refractivity (Wildman–Crippen MR) is 123 cm³/mol. The molecule has 4 aromatic rings. The van der Waals surface area contributed by atoms with Gasteiger partial charge >= 0.3 is 0 Å². The summed E-state index contributed by atoms with van der Waals surface area (Å²) in [5, 5.41) is 12.3. The number of aryl methyl sites for hydroxylation is 1. The molecule has 0 saturated carbocycles. The number of amides is 1. The van der Waals surface area contributed by atoms with Gasteiger partial charge in [-0.15, -0.1) is 0 Å². The highest BCUT2D eigenvalue weighted by Crippen LogP contribution is 2.31. The SMILES string of the molecule is Cc1ccc(NC2CNC2)cc1C(=O)NC(C)c1cccc2[nH]c3ccccc3c12. The Morgan fingerprint density at radius 1 is 1.03 bits per heavy atom. The highest BCUT2D eigenvalue weighted by atomic mass is 16.1. The quantitative estimate of drug-likeness (QED) is 0.400. The smallest absolute Gasteiger partial charge is 0.252 e. The van der Waals surface area contributed by atoms with Crippen LogP contribution < -0.4 is 16.0 Å². The molecule has 0 radical (unpaired) electrons. The lowest BCUT2D eigenvalue weighted by Gasteiger charge is -2.29. The van der Waals surface area contributed by atoms with Crippen molar-refractivity contribution in [1.29, 1.82) is 0 Å². The standard InChI is InChI=1S/C25H26N4O/c1-15-10-11-17(28-18-13-26-14-18)12-21(15)25(30)27-16(2)19-7-5-9-23-24(19)20-6-3-4-8-22(20)29-23/h3-12,16,18,26,28-29H,13-14H2,1-2H3,(H,27,30). The molecule has 5 heteroatoms. The van der Waals surface area contributed by atoms with Gasteiger partial charge in [0.15, 0.2) is 0 Å². The summed E-state index contributed by atoms with van der Waals surface area (Å²) in [5.74, 6) is -0.0489. The van der Waals surface area contributed by atoms with Gasteiger partial charge in [0, 0.05) is 46.1 Å². The number of fused-ring (bicyclic) bond motifs is 3. The second kappa shape index (κ2) is 7.50. The minimum Gasteiger partial charge on any atom is -0.380 e. The van der Waals surface area contributed by atoms with Crippen molar-refractivity contribution in [3.8, 4) is 0 Å². The number of nitrogens with one attached hydrogen (secondary N) is 4. The first kappa shape index (κ1) is 18.7. The van der Waals surface area contributed by atoms with E-state index in [4.69, 9.17) is 0 Å². The Balaban J connectivity index is 1.43. The van der Waals surface area contributed by atoms with Crippen molar-refractivity contribution in [2.24, 2.45) is 0 Å². The van der Waals surface area contributed by atoms with Gasteiger partial charge in [0.2, 0.25) is 0 Å². The molecule has 0 aliphatic carbocycles. The maximum Gasteiger partial charge on any atom is 0.252 e. The molecule has 5 nitrogen and oxygen atoms in total. The van der Waals surface area contributed by atoms with Gasteiger partial charge in [-0.25, -0.2) is 0 Å². The van der Waals surface area contributed by atoms with Crippen molar-refractivity contribution in [1.82, 2.24) is 15.6 Å². The maximum absolute atomic E-state index is 13.1. The highest BCUT2D eigenvalue weighted by molar-refractivity contribution is 6.09. The van der Waals surface area contributed by atoms with E-state index in [2.05, 4.69) is 51.3 Å². The van der Waals surface area contributed by atoms with Gasteiger partial charge in [0.1, 0.15) is 0 Å². The molecule has 1 unspecified atom stereocenters. The number of carbonyl (C=O) groups excluding carboxylic acids is 1. The predicted octanol–water partition coefficient (Wildman–Crippen LogP) is 4.50. The molecule has 1 fully saturated rings. The van der Waals surface area contributed by atoms with Crippen LogP contribution in [0.1, 0.15) is 34.5 Å². The average molecular weight is 399 g/mol. The lowest BCUT2D eigenvalue weighted by molar-refractivity contribution is 0.0939. The van der Waals surface area contributed by atoms with Gasteiger partial charge in [-0.05, 0) is 49.2 Å². The Hall–Kier alpha value is -3.31. The van der Waals surface area contributed by atoms with Crippen LogP contribution in [0.3, 0.4) is 0 Å². The topological polar surface area (TPSA) is 68.9 Å². The number of anilines is 1. The second-order valence-corrected chi connectivity index (χ2v) is 8.16. The van der Waals surface area contributed by atoms with Crippen LogP contribution in [0.4, 0.5) is 5.69 Å². The molecule has 4 N–H and O–H groups in total. The third-order valence-electron chi connectivity index (χ3n) is 6.01. The van der Waals surface area contributed by atoms with E-state index in [1.165, 1.54) is 10.8 Å². The minimum absolute atomic E-state index is 0.0489. The molecule has 0 bridgehead atoms. The lowest BCUT2D eigenvalue weighted by Crippen LogP contribution is -2.51. The van der Waals surface area contributed by atoms with Crippen LogP contribution in [0.2, 0.25) is 0 Å². The molecule has 30 heavy (non-hydrogen) atoms. The van der Waals surface area contributed by atoms with Gasteiger partial charge in [-0.3, -0.25) is 4.79 Å². The van der Waals surface area contributed by atoms with Crippen molar-refractivity contribution in [3.63, 3.8) is 0 Å². The van der Waals surface area contributed by atoms with Crippen LogP contribution in [-0.4, -0.2) is 30.0 Å². The highest BCUT2D eigenvalue weighted by Gasteiger charge is 2.19. The van der Waals surface area contributed by atoms with Crippen LogP contribution in [-0.2, 0) is 0 Å². The van der Waals surface area contributed by atoms with E-state index in [1.807, 2.05) is 44.2 Å². The summed E-state index contributed by atoms with van der Waals surface area (Å²) in [4.78, 5) is 16.6. The second-order valence-electron chi connectivity index (χ2n) is 8.16. The van der Waals surface area contributed by atoms with E-state index in [-0.39, 0.29) is 11.9 Å². The molecule has 1 amide bonds. The number of rotatable bonds is 5. The minimum atomic E-state index is -0.118. The first-order chi connectivity index (χ1) is 14.6. The molecule has 1 aliphatic rings. The molecular weight excluding hydrogens is 372 g/mol. The molecule has 1 aliphatic heterocycles. The normalized spacial score (nSPS) is 15.1. The van der Waals surface area contributed by atoms with E-state index in [0.29, 0.717) is 11.6 Å². The Labute approximate surface area is 175 Å². The zero-order valence-corrected chi connectivity index (χ0v) is 17.3. The van der Waals surface area contributed by atoms with E-state index in [9.17, 15) is 4.79 Å². The number of aromatic nitrogens is 1. The molecule has 3 aromatic carbocycles. The van der Waals surface area contributed by atoms with Crippen LogP contribution in [0.5, 0.6) is 0 Å². The molecule has 1 atom stereocenters. The summed E-state index contributed by atoms with van der Waals surface area (Å²) < 4.78 is 0. The number of para-hydroxylation sites is 1. The van der Waals surface area contributed by atoms with E-state index in [0.717, 1.165) is 40.9 Å². The molecular formula is C25H26N4O. The maximum atomic E-state index is 13.1. The zero-order chi connectivity index (χ0) is 20.7. The molecule has 1 aromatic heterocycles. The Morgan fingerprint density at radius 2 is 1.83 bits per heavy atom. The zero-order valence-electron chi connectivity index (χ0n) is 17.3. The summed E-state index contributed by atoms with van der Waals surface area (Å²) >= 11 is 0. The largest absolute Gasteiger partial charge is 0.380 e. The van der Waals surface area contributed by atoms with Gasteiger partial charge in [0.05, 0.1) is 12.1 Å². The fraction of sp³-hybridized carbons (Fsp3) is 0.240. The van der Waals surface area contributed by atoms with Crippen molar-refractivity contribution in [2.45, 2.75) is 25.9 Å². The number of hydrogen-bond acceptors (Lipinski definition) is 3. The van der Waals surface area contributed by atoms with Crippen LogP contribution in [0.15, 0.2) is 60.7 Å². The fourth-order valence-electron chi connectivity index (χ4n) is 4.23. The van der Waals surface area contributed by atoms with Crippen molar-refractivity contribution >= 4 is 33.4 Å². The van der Waals surface area contributed by atoms with E-state index in [1.54, 1.807) is 0 Å². The van der Waals surface area contributed by atoms with Gasteiger partial charge in [0.25, 0.3) is 5.91 Å². The number of carbonyl (C=O) groups is 1. The third-order valence-corrected chi connectivity index (χ3v) is 6.01. The lowest BCUT2D eigenvalue weighted by atomic mass is 10.00. The number of aromatic amines is 1. The van der Waals surface area contributed by atoms with Crippen molar-refractivity contribution in [3.05, 3.63) is 77.4 Å². The number of H-pyrrole nitrogens is 1. The van der Waals surface area contributed by atoms with Gasteiger partial charge < -0.3 is 20.9 Å². The summed E-state index contributed by atoms with van der Waals surface area (Å²) in [6.07, 6.45) is 0. The third kappa shape index (κ3) is 3.31. The molecule has 1 saturated heterocycles. The van der Waals surface area contributed by atoms with Crippen molar-refractivity contribution < 1.29 is 4.79 Å². The molecule has 5 rings (SSSR count). The van der Waals surface area contributed by atoms with E-state index >= 15 is 0 Å².